The fraction of sp³-hybridized carbons (Fsp3) is 0.136. The van der Waals surface area contributed by atoms with E-state index >= 15 is 0 Å². The van der Waals surface area contributed by atoms with Gasteiger partial charge in [-0.25, -0.2) is 0 Å². The van der Waals surface area contributed by atoms with Crippen LogP contribution in [0.3, 0.4) is 0 Å². The van der Waals surface area contributed by atoms with Crippen LogP contribution < -0.4 is 5.32 Å². The maximum absolute atomic E-state index is 13.6. The smallest absolute Gasteiger partial charge is 0.330 e. The van der Waals surface area contributed by atoms with Crippen LogP contribution in [0, 0.1) is 0 Å². The summed E-state index contributed by atoms with van der Waals surface area (Å²) in [5, 5.41) is 2.55. The molecule has 1 atom stereocenters. The van der Waals surface area contributed by atoms with Gasteiger partial charge in [-0.2, -0.15) is 13.2 Å². The lowest BCUT2D eigenvalue weighted by Gasteiger charge is -2.28. The highest BCUT2D eigenvalue weighted by Crippen LogP contribution is 2.34. The maximum atomic E-state index is 13.6. The topological polar surface area (TPSA) is 66.5 Å². The number of hydrogen-bond donors (Lipinski definition) is 1. The van der Waals surface area contributed by atoms with Gasteiger partial charge in [0.2, 0.25) is 0 Å². The molecule has 0 bridgehead atoms. The second kappa shape index (κ2) is 8.92. The van der Waals surface area contributed by atoms with Gasteiger partial charge in [0.25, 0.3) is 17.7 Å². The van der Waals surface area contributed by atoms with Crippen LogP contribution in [0.25, 0.3) is 0 Å². The molecule has 0 fully saturated rings. The summed E-state index contributed by atoms with van der Waals surface area (Å²) >= 11 is 10.1. The number of hydrogen-bond acceptors (Lipinski definition) is 4. The first kappa shape index (κ1) is 23.5. The summed E-state index contributed by atoms with van der Waals surface area (Å²) in [6.07, 6.45) is -6.46. The highest BCUT2D eigenvalue weighted by molar-refractivity contribution is 9.10. The normalized spacial score (nSPS) is 14.4. The van der Waals surface area contributed by atoms with E-state index in [0.29, 0.717) is 8.81 Å². The summed E-state index contributed by atoms with van der Waals surface area (Å²) in [4.78, 5) is 39.8. The molecule has 2 heterocycles. The van der Waals surface area contributed by atoms with Crippen LogP contribution in [0.1, 0.15) is 41.5 Å². The predicted octanol–water partition coefficient (Wildman–Crippen LogP) is 5.78. The van der Waals surface area contributed by atoms with Gasteiger partial charge in [-0.05, 0) is 45.8 Å². The van der Waals surface area contributed by atoms with E-state index < -0.39 is 42.0 Å². The molecule has 1 aliphatic heterocycles. The number of fused-ring (bicyclic) bond motifs is 1. The summed E-state index contributed by atoms with van der Waals surface area (Å²) in [5.74, 6) is -2.08. The first-order chi connectivity index (χ1) is 15.6. The van der Waals surface area contributed by atoms with Gasteiger partial charge < -0.3 is 5.32 Å². The second-order valence-corrected chi connectivity index (χ2v) is 9.62. The Morgan fingerprint density at radius 2 is 1.64 bits per heavy atom. The minimum absolute atomic E-state index is 0.118. The third-order valence-corrected chi connectivity index (χ3v) is 7.51. The van der Waals surface area contributed by atoms with Crippen molar-refractivity contribution in [1.29, 1.82) is 0 Å². The maximum Gasteiger partial charge on any atom is 0.416 e. The molecule has 0 saturated heterocycles. The van der Waals surface area contributed by atoms with Crippen molar-refractivity contribution in [3.63, 3.8) is 0 Å². The first-order valence-corrected chi connectivity index (χ1v) is 11.4. The molecule has 1 aromatic heterocycles. The lowest BCUT2D eigenvalue weighted by atomic mass is 10.0. The number of amides is 3. The number of benzene rings is 2. The Labute approximate surface area is 203 Å². The zero-order valence-electron chi connectivity index (χ0n) is 16.5. The summed E-state index contributed by atoms with van der Waals surface area (Å²) < 4.78 is 41.5. The SMILES string of the molecule is O=C(NC(Cc1ccccc1C(F)(F)F)N1C(=O)c2ccccc2C1=O)c1cc(Br)c(Cl)s1. The molecule has 3 aromatic rings. The quantitative estimate of drug-likeness (QED) is 0.405. The summed E-state index contributed by atoms with van der Waals surface area (Å²) in [6, 6.07) is 12.3. The first-order valence-electron chi connectivity index (χ1n) is 9.45. The lowest BCUT2D eigenvalue weighted by Crippen LogP contribution is -2.52. The molecule has 33 heavy (non-hydrogen) atoms. The number of carbonyl (C=O) groups is 3. The molecule has 3 amide bonds. The standard InChI is InChI=1S/C22H13BrClF3N2O3S/c23-15-10-16(33-18(15)24)19(30)28-17(9-11-5-1-4-8-14(11)22(25,26)27)29-20(31)12-6-2-3-7-13(12)21(29)32/h1-8,10,17H,9H2,(H,28,30). The zero-order valence-corrected chi connectivity index (χ0v) is 19.6. The summed E-state index contributed by atoms with van der Waals surface area (Å²) in [5.41, 5.74) is -0.847. The summed E-state index contributed by atoms with van der Waals surface area (Å²) in [6.45, 7) is 0. The third kappa shape index (κ3) is 4.55. The lowest BCUT2D eigenvalue weighted by molar-refractivity contribution is -0.138. The fourth-order valence-electron chi connectivity index (χ4n) is 3.56. The van der Waals surface area contributed by atoms with E-state index in [1.165, 1.54) is 36.4 Å². The van der Waals surface area contributed by atoms with Crippen molar-refractivity contribution in [2.45, 2.75) is 18.8 Å². The number of alkyl halides is 3. The third-order valence-electron chi connectivity index (χ3n) is 5.04. The van der Waals surface area contributed by atoms with Crippen LogP contribution in [0.2, 0.25) is 4.34 Å². The molecular weight excluding hydrogens is 545 g/mol. The number of halogens is 5. The van der Waals surface area contributed by atoms with Crippen LogP contribution in [0.15, 0.2) is 59.1 Å². The van der Waals surface area contributed by atoms with Crippen molar-refractivity contribution in [3.05, 3.63) is 90.5 Å². The highest BCUT2D eigenvalue weighted by atomic mass is 79.9. The van der Waals surface area contributed by atoms with E-state index in [-0.39, 0.29) is 21.6 Å². The predicted molar refractivity (Wildman–Crippen MR) is 120 cm³/mol. The molecule has 11 heteroatoms. The van der Waals surface area contributed by atoms with Crippen molar-refractivity contribution < 1.29 is 27.6 Å². The average molecular weight is 558 g/mol. The van der Waals surface area contributed by atoms with Gasteiger partial charge in [0.05, 0.1) is 21.6 Å². The van der Waals surface area contributed by atoms with Gasteiger partial charge >= 0.3 is 6.18 Å². The minimum Gasteiger partial charge on any atom is -0.330 e. The monoisotopic (exact) mass is 556 g/mol. The average Bonchev–Trinajstić information content (AvgIpc) is 3.23. The molecule has 2 aromatic carbocycles. The van der Waals surface area contributed by atoms with Crippen molar-refractivity contribution in [3.8, 4) is 0 Å². The molecule has 0 spiro atoms. The number of nitrogens with one attached hydrogen (secondary N) is 1. The van der Waals surface area contributed by atoms with Gasteiger partial charge in [-0.3, -0.25) is 19.3 Å². The number of thiophene rings is 1. The number of carbonyl (C=O) groups excluding carboxylic acids is 3. The number of nitrogens with zero attached hydrogens (tertiary/aromatic N) is 1. The molecule has 170 valence electrons. The minimum atomic E-state index is -4.65. The van der Waals surface area contributed by atoms with Crippen LogP contribution in [0.5, 0.6) is 0 Å². The molecular formula is C22H13BrClF3N2O3S. The molecule has 1 N–H and O–H groups in total. The Morgan fingerprint density at radius 1 is 1.06 bits per heavy atom. The van der Waals surface area contributed by atoms with Crippen molar-refractivity contribution in [2.24, 2.45) is 0 Å². The van der Waals surface area contributed by atoms with Gasteiger partial charge in [0.1, 0.15) is 10.5 Å². The molecule has 5 nitrogen and oxygen atoms in total. The molecule has 0 radical (unpaired) electrons. The van der Waals surface area contributed by atoms with Gasteiger partial charge in [0.15, 0.2) is 0 Å². The largest absolute Gasteiger partial charge is 0.416 e. The van der Waals surface area contributed by atoms with Crippen LogP contribution in [-0.4, -0.2) is 28.8 Å². The Kier molecular flexibility index (Phi) is 6.35. The zero-order chi connectivity index (χ0) is 23.9. The molecule has 4 rings (SSSR count). The molecule has 1 aliphatic rings. The molecule has 0 aliphatic carbocycles. The fourth-order valence-corrected chi connectivity index (χ4v) is 5.17. The van der Waals surface area contributed by atoms with Gasteiger partial charge in [-0.15, -0.1) is 11.3 Å². The van der Waals surface area contributed by atoms with Crippen molar-refractivity contribution >= 4 is 56.6 Å². The molecule has 0 saturated carbocycles. The summed E-state index contributed by atoms with van der Waals surface area (Å²) in [7, 11) is 0. The highest BCUT2D eigenvalue weighted by Gasteiger charge is 2.42. The van der Waals surface area contributed by atoms with E-state index in [9.17, 15) is 27.6 Å². The van der Waals surface area contributed by atoms with Crippen LogP contribution in [-0.2, 0) is 12.6 Å². The Hall–Kier alpha value is -2.69. The van der Waals surface area contributed by atoms with Crippen LogP contribution >= 0.6 is 38.9 Å². The Balaban J connectivity index is 1.73. The van der Waals surface area contributed by atoms with E-state index in [1.54, 1.807) is 12.1 Å². The Bertz CT molecular complexity index is 1220. The van der Waals surface area contributed by atoms with Crippen molar-refractivity contribution in [2.75, 3.05) is 0 Å². The Morgan fingerprint density at radius 3 is 2.18 bits per heavy atom. The second-order valence-electron chi connectivity index (χ2n) is 7.11. The van der Waals surface area contributed by atoms with E-state index in [0.717, 1.165) is 22.3 Å². The van der Waals surface area contributed by atoms with Gasteiger partial charge in [0, 0.05) is 10.9 Å². The van der Waals surface area contributed by atoms with Crippen LogP contribution in [0.4, 0.5) is 13.2 Å². The number of imide groups is 1. The number of rotatable bonds is 5. The van der Waals surface area contributed by atoms with E-state index in [4.69, 9.17) is 11.6 Å². The van der Waals surface area contributed by atoms with E-state index in [1.807, 2.05) is 0 Å². The molecule has 1 unspecified atom stereocenters. The van der Waals surface area contributed by atoms with Gasteiger partial charge in [-0.1, -0.05) is 41.9 Å². The van der Waals surface area contributed by atoms with Crippen molar-refractivity contribution in [1.82, 2.24) is 10.2 Å². The van der Waals surface area contributed by atoms with E-state index in [2.05, 4.69) is 21.2 Å².